The summed E-state index contributed by atoms with van der Waals surface area (Å²) in [4.78, 5) is 0. The molecule has 0 amide bonds. The number of fused-ring (bicyclic) bond motifs is 1. The fourth-order valence-electron chi connectivity index (χ4n) is 3.51. The predicted octanol–water partition coefficient (Wildman–Crippen LogP) is 1.86. The zero-order chi connectivity index (χ0) is 11.1. The summed E-state index contributed by atoms with van der Waals surface area (Å²) in [5.41, 5.74) is -0.540. The SMILES string of the molecule is O=S1(=O)CC23CCC(C2)C(Cl)(Cl)C3N1F. The van der Waals surface area contributed by atoms with E-state index < -0.39 is 25.8 Å². The van der Waals surface area contributed by atoms with Crippen LogP contribution in [0.4, 0.5) is 4.48 Å². The van der Waals surface area contributed by atoms with Crippen molar-refractivity contribution >= 4 is 33.2 Å². The lowest BCUT2D eigenvalue weighted by Gasteiger charge is -2.35. The van der Waals surface area contributed by atoms with E-state index in [0.717, 1.165) is 6.42 Å². The number of hydrogen-bond donors (Lipinski definition) is 0. The molecule has 3 aliphatic rings. The molecule has 15 heavy (non-hydrogen) atoms. The number of alkyl halides is 2. The van der Waals surface area contributed by atoms with Crippen LogP contribution < -0.4 is 0 Å². The fourth-order valence-corrected chi connectivity index (χ4v) is 6.61. The minimum Gasteiger partial charge on any atom is -0.210 e. The summed E-state index contributed by atoms with van der Waals surface area (Å²) < 4.78 is 35.3. The van der Waals surface area contributed by atoms with Crippen molar-refractivity contribution in [3.05, 3.63) is 0 Å². The summed E-state index contributed by atoms with van der Waals surface area (Å²) in [7, 11) is -3.80. The van der Waals surface area contributed by atoms with Gasteiger partial charge in [0.15, 0.2) is 0 Å². The molecule has 3 fully saturated rings. The van der Waals surface area contributed by atoms with Crippen LogP contribution in [0.3, 0.4) is 0 Å². The van der Waals surface area contributed by atoms with E-state index in [1.807, 2.05) is 0 Å². The van der Waals surface area contributed by atoms with Crippen molar-refractivity contribution < 1.29 is 12.9 Å². The second kappa shape index (κ2) is 2.63. The maximum atomic E-state index is 13.7. The second-order valence-corrected chi connectivity index (χ2v) is 8.12. The molecule has 1 aliphatic heterocycles. The van der Waals surface area contributed by atoms with Gasteiger partial charge in [0.25, 0.3) is 0 Å². The van der Waals surface area contributed by atoms with Crippen LogP contribution in [0.5, 0.6) is 0 Å². The van der Waals surface area contributed by atoms with Crippen molar-refractivity contribution in [3.63, 3.8) is 0 Å². The van der Waals surface area contributed by atoms with E-state index in [-0.39, 0.29) is 16.2 Å². The Balaban J connectivity index is 2.15. The highest BCUT2D eigenvalue weighted by Crippen LogP contribution is 2.67. The first-order chi connectivity index (χ1) is 6.80. The normalized spacial score (nSPS) is 50.9. The van der Waals surface area contributed by atoms with Crippen LogP contribution in [0.1, 0.15) is 19.3 Å². The maximum absolute atomic E-state index is 13.7. The molecule has 86 valence electrons. The van der Waals surface area contributed by atoms with E-state index in [0.29, 0.717) is 12.8 Å². The molecule has 0 N–H and O–H groups in total. The first-order valence-corrected chi connectivity index (χ1v) is 7.22. The zero-order valence-electron chi connectivity index (χ0n) is 7.79. The van der Waals surface area contributed by atoms with Gasteiger partial charge in [-0.05, 0) is 29.7 Å². The third-order valence-electron chi connectivity index (χ3n) is 4.07. The average molecular weight is 274 g/mol. The van der Waals surface area contributed by atoms with Gasteiger partial charge in [-0.25, -0.2) is 8.42 Å². The molecule has 0 radical (unpaired) electrons. The lowest BCUT2D eigenvalue weighted by Crippen LogP contribution is -2.46. The van der Waals surface area contributed by atoms with Gasteiger partial charge in [0.2, 0.25) is 10.0 Å². The van der Waals surface area contributed by atoms with E-state index in [2.05, 4.69) is 0 Å². The highest BCUT2D eigenvalue weighted by molar-refractivity contribution is 7.89. The van der Waals surface area contributed by atoms with E-state index in [4.69, 9.17) is 23.2 Å². The van der Waals surface area contributed by atoms with Crippen molar-refractivity contribution in [1.29, 1.82) is 0 Å². The Kier molecular flexibility index (Phi) is 1.85. The van der Waals surface area contributed by atoms with Crippen molar-refractivity contribution in [2.24, 2.45) is 11.3 Å². The second-order valence-electron chi connectivity index (χ2n) is 4.88. The molecule has 2 aliphatic carbocycles. The number of halogens is 3. The van der Waals surface area contributed by atoms with Crippen LogP contribution in [0.2, 0.25) is 0 Å². The first-order valence-electron chi connectivity index (χ1n) is 4.85. The van der Waals surface area contributed by atoms with Crippen molar-refractivity contribution in [2.75, 3.05) is 5.75 Å². The largest absolute Gasteiger partial charge is 0.241 e. The van der Waals surface area contributed by atoms with Crippen molar-refractivity contribution in [3.8, 4) is 0 Å². The molecule has 1 spiro atoms. The summed E-state index contributed by atoms with van der Waals surface area (Å²) in [6.45, 7) is 0. The Hall–Kier alpha value is 0.420. The quantitative estimate of drug-likeness (QED) is 0.499. The predicted molar refractivity (Wildman–Crippen MR) is 54.7 cm³/mol. The van der Waals surface area contributed by atoms with Crippen LogP contribution in [0, 0.1) is 11.3 Å². The summed E-state index contributed by atoms with van der Waals surface area (Å²) in [5, 5.41) is 0. The van der Waals surface area contributed by atoms with Crippen LogP contribution in [0.25, 0.3) is 0 Å². The first kappa shape index (κ1) is 10.6. The fraction of sp³-hybridized carbons (Fsp3) is 1.00. The van der Waals surface area contributed by atoms with E-state index in [1.165, 1.54) is 0 Å². The lowest BCUT2D eigenvalue weighted by atomic mass is 9.82. The molecule has 3 rings (SSSR count). The molecule has 0 aromatic carbocycles. The monoisotopic (exact) mass is 273 g/mol. The molecule has 1 heterocycles. The standard InChI is InChI=1S/C8H10Cl2FNO2S/c9-8(10)5-1-2-7(3-5)4-15(13,14)12(11)6(7)8/h5-6H,1-4H2. The molecule has 3 unspecified atom stereocenters. The van der Waals surface area contributed by atoms with Gasteiger partial charge in [-0.3, -0.25) is 0 Å². The summed E-state index contributed by atoms with van der Waals surface area (Å²) in [6.07, 6.45) is 2.14. The Bertz CT molecular complexity index is 426. The number of rotatable bonds is 0. The number of nitrogens with zero attached hydrogens (tertiary/aromatic N) is 1. The Morgan fingerprint density at radius 3 is 2.67 bits per heavy atom. The Morgan fingerprint density at radius 1 is 1.40 bits per heavy atom. The number of hydrogen-bond acceptors (Lipinski definition) is 2. The molecular formula is C8H10Cl2FNO2S. The van der Waals surface area contributed by atoms with Gasteiger partial charge in [-0.1, -0.05) is 23.2 Å². The summed E-state index contributed by atoms with van der Waals surface area (Å²) >= 11 is 12.2. The molecule has 0 aromatic heterocycles. The Morgan fingerprint density at radius 2 is 2.07 bits per heavy atom. The third kappa shape index (κ3) is 1.08. The summed E-state index contributed by atoms with van der Waals surface area (Å²) in [6, 6.07) is -0.878. The van der Waals surface area contributed by atoms with E-state index in [9.17, 15) is 12.9 Å². The summed E-state index contributed by atoms with van der Waals surface area (Å²) in [5.74, 6) is -0.113. The van der Waals surface area contributed by atoms with Crippen LogP contribution >= 0.6 is 23.2 Å². The van der Waals surface area contributed by atoms with Crippen LogP contribution in [-0.2, 0) is 10.0 Å². The van der Waals surface area contributed by atoms with E-state index >= 15 is 0 Å². The highest BCUT2D eigenvalue weighted by atomic mass is 35.5. The van der Waals surface area contributed by atoms with Gasteiger partial charge < -0.3 is 0 Å². The van der Waals surface area contributed by atoms with Gasteiger partial charge in [0.1, 0.15) is 4.33 Å². The average Bonchev–Trinajstić information content (AvgIpc) is 2.60. The van der Waals surface area contributed by atoms with Crippen LogP contribution in [0.15, 0.2) is 0 Å². The van der Waals surface area contributed by atoms with Gasteiger partial charge in [-0.2, -0.15) is 0 Å². The topological polar surface area (TPSA) is 37.4 Å². The smallest absolute Gasteiger partial charge is 0.210 e. The van der Waals surface area contributed by atoms with Crippen molar-refractivity contribution in [2.45, 2.75) is 29.6 Å². The Labute approximate surface area is 97.5 Å². The molecule has 3 atom stereocenters. The molecule has 0 aromatic rings. The molecule has 2 bridgehead atoms. The van der Waals surface area contributed by atoms with Gasteiger partial charge in [0, 0.05) is 5.41 Å². The van der Waals surface area contributed by atoms with Crippen LogP contribution in [-0.4, -0.2) is 29.1 Å². The van der Waals surface area contributed by atoms with Gasteiger partial charge in [0.05, 0.1) is 11.8 Å². The molecule has 2 saturated carbocycles. The molecule has 1 saturated heterocycles. The lowest BCUT2D eigenvalue weighted by molar-refractivity contribution is 0.0408. The molecular weight excluding hydrogens is 264 g/mol. The van der Waals surface area contributed by atoms with Gasteiger partial charge in [-0.15, -0.1) is 4.48 Å². The number of sulfonamides is 1. The van der Waals surface area contributed by atoms with Crippen molar-refractivity contribution in [1.82, 2.24) is 4.53 Å². The molecule has 3 nitrogen and oxygen atoms in total. The third-order valence-corrected chi connectivity index (χ3v) is 6.78. The highest BCUT2D eigenvalue weighted by Gasteiger charge is 2.73. The molecule has 7 heteroatoms. The minimum atomic E-state index is -3.80. The zero-order valence-corrected chi connectivity index (χ0v) is 10.1. The minimum absolute atomic E-state index is 0.0274. The van der Waals surface area contributed by atoms with E-state index in [1.54, 1.807) is 0 Å². The van der Waals surface area contributed by atoms with Gasteiger partial charge >= 0.3 is 0 Å². The maximum Gasteiger partial charge on any atom is 0.241 e.